The van der Waals surface area contributed by atoms with E-state index in [1.54, 1.807) is 29.6 Å². The van der Waals surface area contributed by atoms with Crippen LogP contribution in [-0.4, -0.2) is 42.5 Å². The van der Waals surface area contributed by atoms with Crippen LogP contribution in [0.25, 0.3) is 0 Å². The van der Waals surface area contributed by atoms with Crippen LogP contribution in [0.15, 0.2) is 29.6 Å². The number of carbonyl (C=O) groups is 3. The number of anilines is 2. The smallest absolute Gasteiger partial charge is 0.358 e. The standard InChI is InChI=1S/C20H26N4O4S/c1-4-21-18(26)14-6-5-7-15(10-14)23-17(25)11-28-19(27)16-12-29-20(24-16)22-9-8-13(2)3/h5-7,10,12-13H,4,8-9,11H2,1-3H3,(H,21,26)(H,22,24)(H,23,25). The Kier molecular flexibility index (Phi) is 8.60. The molecule has 0 atom stereocenters. The fourth-order valence-corrected chi connectivity index (χ4v) is 3.03. The van der Waals surface area contributed by atoms with Crippen LogP contribution in [-0.2, 0) is 9.53 Å². The van der Waals surface area contributed by atoms with Gasteiger partial charge in [0.2, 0.25) is 0 Å². The summed E-state index contributed by atoms with van der Waals surface area (Å²) in [5, 5.41) is 10.7. The Balaban J connectivity index is 1.82. The summed E-state index contributed by atoms with van der Waals surface area (Å²) in [5.41, 5.74) is 1.04. The SMILES string of the molecule is CCNC(=O)c1cccc(NC(=O)COC(=O)c2csc(NCCC(C)C)n2)c1. The van der Waals surface area contributed by atoms with Gasteiger partial charge in [-0.3, -0.25) is 9.59 Å². The van der Waals surface area contributed by atoms with Gasteiger partial charge in [-0.05, 0) is 37.5 Å². The monoisotopic (exact) mass is 418 g/mol. The fraction of sp³-hybridized carbons (Fsp3) is 0.400. The predicted molar refractivity (Wildman–Crippen MR) is 113 cm³/mol. The molecule has 0 unspecified atom stereocenters. The molecule has 0 saturated heterocycles. The zero-order chi connectivity index (χ0) is 21.2. The van der Waals surface area contributed by atoms with Crippen LogP contribution in [0.2, 0.25) is 0 Å². The van der Waals surface area contributed by atoms with Crippen LogP contribution >= 0.6 is 11.3 Å². The molecule has 0 aliphatic rings. The molecule has 0 aliphatic carbocycles. The van der Waals surface area contributed by atoms with Gasteiger partial charge in [-0.25, -0.2) is 9.78 Å². The zero-order valence-electron chi connectivity index (χ0n) is 16.8. The number of thiazole rings is 1. The van der Waals surface area contributed by atoms with Gasteiger partial charge in [-0.15, -0.1) is 11.3 Å². The maximum absolute atomic E-state index is 12.1. The predicted octanol–water partition coefficient (Wildman–Crippen LogP) is 3.15. The van der Waals surface area contributed by atoms with Gasteiger partial charge in [0.1, 0.15) is 0 Å². The molecule has 0 bridgehead atoms. The van der Waals surface area contributed by atoms with Gasteiger partial charge in [0.15, 0.2) is 17.4 Å². The van der Waals surface area contributed by atoms with Crippen LogP contribution in [0, 0.1) is 5.92 Å². The molecular formula is C20H26N4O4S. The lowest BCUT2D eigenvalue weighted by Crippen LogP contribution is -2.23. The van der Waals surface area contributed by atoms with Crippen molar-refractivity contribution in [1.82, 2.24) is 10.3 Å². The Morgan fingerprint density at radius 3 is 2.76 bits per heavy atom. The van der Waals surface area contributed by atoms with Crippen molar-refractivity contribution >= 4 is 39.9 Å². The Morgan fingerprint density at radius 2 is 2.03 bits per heavy atom. The number of esters is 1. The van der Waals surface area contributed by atoms with E-state index in [9.17, 15) is 14.4 Å². The van der Waals surface area contributed by atoms with E-state index in [0.717, 1.165) is 13.0 Å². The first kappa shape index (κ1) is 22.4. The number of nitrogens with zero attached hydrogens (tertiary/aromatic N) is 1. The van der Waals surface area contributed by atoms with Gasteiger partial charge in [0.05, 0.1) is 0 Å². The molecule has 1 heterocycles. The summed E-state index contributed by atoms with van der Waals surface area (Å²) in [6.45, 7) is 6.93. The van der Waals surface area contributed by atoms with Gasteiger partial charge < -0.3 is 20.7 Å². The van der Waals surface area contributed by atoms with E-state index < -0.39 is 18.5 Å². The summed E-state index contributed by atoms with van der Waals surface area (Å²) in [6.07, 6.45) is 1.00. The maximum atomic E-state index is 12.1. The summed E-state index contributed by atoms with van der Waals surface area (Å²) < 4.78 is 5.02. The van der Waals surface area contributed by atoms with Gasteiger partial charge >= 0.3 is 5.97 Å². The number of benzene rings is 1. The van der Waals surface area contributed by atoms with Crippen LogP contribution in [0.5, 0.6) is 0 Å². The number of hydrogen-bond donors (Lipinski definition) is 3. The summed E-state index contributed by atoms with van der Waals surface area (Å²) >= 11 is 1.31. The zero-order valence-corrected chi connectivity index (χ0v) is 17.6. The summed E-state index contributed by atoms with van der Waals surface area (Å²) in [6, 6.07) is 6.52. The first-order valence-corrected chi connectivity index (χ1v) is 10.3. The number of amides is 2. The second-order valence-electron chi connectivity index (χ2n) is 6.71. The Hall–Kier alpha value is -2.94. The van der Waals surface area contributed by atoms with Crippen LogP contribution < -0.4 is 16.0 Å². The maximum Gasteiger partial charge on any atom is 0.358 e. The number of carbonyl (C=O) groups excluding carboxylic acids is 3. The number of hydrogen-bond acceptors (Lipinski definition) is 7. The average Bonchev–Trinajstić information content (AvgIpc) is 3.15. The molecule has 3 N–H and O–H groups in total. The van der Waals surface area contributed by atoms with Crippen LogP contribution in [0.4, 0.5) is 10.8 Å². The lowest BCUT2D eigenvalue weighted by Gasteiger charge is -2.08. The topological polar surface area (TPSA) is 109 Å². The summed E-state index contributed by atoms with van der Waals surface area (Å²) in [4.78, 5) is 40.1. The van der Waals surface area contributed by atoms with E-state index in [-0.39, 0.29) is 11.6 Å². The van der Waals surface area contributed by atoms with Crippen molar-refractivity contribution in [3.63, 3.8) is 0 Å². The van der Waals surface area contributed by atoms with Crippen molar-refractivity contribution in [2.45, 2.75) is 27.2 Å². The molecule has 8 nitrogen and oxygen atoms in total. The lowest BCUT2D eigenvalue weighted by atomic mass is 10.1. The molecule has 1 aromatic heterocycles. The minimum Gasteiger partial charge on any atom is -0.451 e. The molecular weight excluding hydrogens is 392 g/mol. The average molecular weight is 419 g/mol. The highest BCUT2D eigenvalue weighted by molar-refractivity contribution is 7.13. The molecule has 0 fully saturated rings. The van der Waals surface area contributed by atoms with Crippen LogP contribution in [0.3, 0.4) is 0 Å². The second kappa shape index (κ2) is 11.2. The van der Waals surface area contributed by atoms with Crippen molar-refractivity contribution in [2.75, 3.05) is 30.3 Å². The van der Waals surface area contributed by atoms with E-state index in [0.29, 0.717) is 28.8 Å². The Bertz CT molecular complexity index is 851. The number of ether oxygens (including phenoxy) is 1. The highest BCUT2D eigenvalue weighted by atomic mass is 32.1. The summed E-state index contributed by atoms with van der Waals surface area (Å²) in [7, 11) is 0. The molecule has 156 valence electrons. The van der Waals surface area contributed by atoms with E-state index in [1.165, 1.54) is 11.3 Å². The quantitative estimate of drug-likeness (QED) is 0.512. The van der Waals surface area contributed by atoms with Crippen molar-refractivity contribution in [2.24, 2.45) is 5.92 Å². The Morgan fingerprint density at radius 1 is 1.24 bits per heavy atom. The molecule has 0 spiro atoms. The third-order valence-electron chi connectivity index (χ3n) is 3.79. The van der Waals surface area contributed by atoms with E-state index >= 15 is 0 Å². The number of rotatable bonds is 10. The minimum atomic E-state index is -0.663. The third kappa shape index (κ3) is 7.53. The number of aromatic nitrogens is 1. The molecule has 2 rings (SSSR count). The van der Waals surface area contributed by atoms with Gasteiger partial charge in [0, 0.05) is 29.7 Å². The Labute approximate surface area is 174 Å². The van der Waals surface area contributed by atoms with Crippen molar-refractivity contribution in [1.29, 1.82) is 0 Å². The van der Waals surface area contributed by atoms with E-state index in [1.807, 2.05) is 6.92 Å². The van der Waals surface area contributed by atoms with Crippen molar-refractivity contribution in [3.8, 4) is 0 Å². The summed E-state index contributed by atoms with van der Waals surface area (Å²) in [5.74, 6) is -0.815. The molecule has 1 aromatic carbocycles. The van der Waals surface area contributed by atoms with Gasteiger partial charge in [-0.1, -0.05) is 19.9 Å². The minimum absolute atomic E-state index is 0.160. The second-order valence-corrected chi connectivity index (χ2v) is 7.57. The highest BCUT2D eigenvalue weighted by Crippen LogP contribution is 2.17. The molecule has 2 aromatic rings. The normalized spacial score (nSPS) is 10.5. The first-order chi connectivity index (χ1) is 13.9. The van der Waals surface area contributed by atoms with Gasteiger partial charge in [0.25, 0.3) is 11.8 Å². The molecule has 0 radical (unpaired) electrons. The fourth-order valence-electron chi connectivity index (χ4n) is 2.32. The third-order valence-corrected chi connectivity index (χ3v) is 4.59. The van der Waals surface area contributed by atoms with Crippen molar-refractivity contribution in [3.05, 3.63) is 40.9 Å². The molecule has 2 amide bonds. The van der Waals surface area contributed by atoms with Crippen LogP contribution in [0.1, 0.15) is 48.0 Å². The lowest BCUT2D eigenvalue weighted by molar-refractivity contribution is -0.119. The number of nitrogens with one attached hydrogen (secondary N) is 3. The molecule has 0 aliphatic heterocycles. The van der Waals surface area contributed by atoms with Gasteiger partial charge in [-0.2, -0.15) is 0 Å². The molecule has 29 heavy (non-hydrogen) atoms. The van der Waals surface area contributed by atoms with E-state index in [2.05, 4.69) is 34.8 Å². The molecule has 0 saturated carbocycles. The largest absolute Gasteiger partial charge is 0.451 e. The highest BCUT2D eigenvalue weighted by Gasteiger charge is 2.15. The van der Waals surface area contributed by atoms with E-state index in [4.69, 9.17) is 4.74 Å². The first-order valence-electron chi connectivity index (χ1n) is 9.43. The van der Waals surface area contributed by atoms with Crippen molar-refractivity contribution < 1.29 is 19.1 Å². The molecule has 9 heteroatoms.